The summed E-state index contributed by atoms with van der Waals surface area (Å²) < 4.78 is 32.4. The van der Waals surface area contributed by atoms with Crippen LogP contribution in [0.2, 0.25) is 5.02 Å². The first kappa shape index (κ1) is 24.0. The molecule has 4 rings (SSSR count). The van der Waals surface area contributed by atoms with Gasteiger partial charge in [-0.3, -0.25) is 0 Å². The van der Waals surface area contributed by atoms with Gasteiger partial charge in [0.2, 0.25) is 5.82 Å². The van der Waals surface area contributed by atoms with Gasteiger partial charge in [-0.1, -0.05) is 11.6 Å². The van der Waals surface area contributed by atoms with E-state index in [-0.39, 0.29) is 40.8 Å². The van der Waals surface area contributed by atoms with Crippen LogP contribution in [0.1, 0.15) is 26.3 Å². The van der Waals surface area contributed by atoms with Crippen LogP contribution >= 0.6 is 11.6 Å². The van der Waals surface area contributed by atoms with Crippen molar-refractivity contribution in [2.75, 3.05) is 31.6 Å². The summed E-state index contributed by atoms with van der Waals surface area (Å²) in [6.45, 7) is 6.94. The number of likely N-dealkylation sites (tertiary alicyclic amines) is 1. The molecule has 2 aliphatic heterocycles. The second kappa shape index (κ2) is 9.60. The number of nitrogens with zero attached hydrogens (tertiary/aromatic N) is 4. The zero-order valence-corrected chi connectivity index (χ0v) is 19.8. The Labute approximate surface area is 201 Å². The van der Waals surface area contributed by atoms with E-state index in [2.05, 4.69) is 15.3 Å². The number of ether oxygens (including phenoxy) is 3. The first-order chi connectivity index (χ1) is 16.1. The van der Waals surface area contributed by atoms with E-state index in [0.717, 1.165) is 0 Å². The molecule has 9 nitrogen and oxygen atoms in total. The van der Waals surface area contributed by atoms with Crippen LogP contribution in [0.4, 0.5) is 20.7 Å². The van der Waals surface area contributed by atoms with Gasteiger partial charge < -0.3 is 24.4 Å². The number of hydrogen-bond donors (Lipinski definition) is 1. The molecule has 1 aromatic heterocycles. The highest BCUT2D eigenvalue weighted by atomic mass is 35.5. The third-order valence-electron chi connectivity index (χ3n) is 5.51. The summed E-state index contributed by atoms with van der Waals surface area (Å²) in [7, 11) is 0. The van der Waals surface area contributed by atoms with Gasteiger partial charge in [0.05, 0.1) is 35.6 Å². The average molecular weight is 490 g/mol. The van der Waals surface area contributed by atoms with Gasteiger partial charge in [-0.05, 0) is 39.0 Å². The van der Waals surface area contributed by atoms with Gasteiger partial charge in [0, 0.05) is 24.9 Å². The van der Waals surface area contributed by atoms with Gasteiger partial charge >= 0.3 is 6.09 Å². The van der Waals surface area contributed by atoms with Crippen molar-refractivity contribution in [2.45, 2.75) is 32.5 Å². The van der Waals surface area contributed by atoms with Crippen molar-refractivity contribution in [3.05, 3.63) is 40.9 Å². The molecule has 3 heterocycles. The highest BCUT2D eigenvalue weighted by Gasteiger charge is 2.44. The summed E-state index contributed by atoms with van der Waals surface area (Å²) in [5, 5.41) is 12.1. The number of hydrogen-bond acceptors (Lipinski definition) is 8. The Kier molecular flexibility index (Phi) is 6.77. The van der Waals surface area contributed by atoms with Gasteiger partial charge in [-0.2, -0.15) is 14.6 Å². The van der Waals surface area contributed by atoms with Crippen LogP contribution in [0.25, 0.3) is 0 Å². The average Bonchev–Trinajstić information content (AvgIpc) is 2.76. The Hall–Kier alpha value is -3.16. The summed E-state index contributed by atoms with van der Waals surface area (Å²) >= 11 is 6.18. The van der Waals surface area contributed by atoms with Crippen molar-refractivity contribution < 1.29 is 23.4 Å². The van der Waals surface area contributed by atoms with Gasteiger partial charge in [0.15, 0.2) is 5.82 Å². The van der Waals surface area contributed by atoms with Crippen LogP contribution in [0.3, 0.4) is 0 Å². The number of nitriles is 1. The summed E-state index contributed by atoms with van der Waals surface area (Å²) in [6.07, 6.45) is 0.422. The van der Waals surface area contributed by atoms with Crippen molar-refractivity contribution >= 4 is 29.2 Å². The maximum atomic E-state index is 15.2. The zero-order valence-electron chi connectivity index (χ0n) is 19.0. The SMILES string of the molecule is CC(C)(C)OC(=O)N1CC2COCC(C1)C2Oc1ncnc(Nc2ccc(C#N)cc2Cl)c1F. The zero-order chi connectivity index (χ0) is 24.5. The molecule has 2 unspecified atom stereocenters. The van der Waals surface area contributed by atoms with Crippen LogP contribution in [0.5, 0.6) is 5.88 Å². The molecule has 0 spiro atoms. The van der Waals surface area contributed by atoms with Crippen LogP contribution < -0.4 is 10.1 Å². The van der Waals surface area contributed by atoms with Gasteiger partial charge in [0.1, 0.15) is 18.0 Å². The van der Waals surface area contributed by atoms with E-state index in [0.29, 0.717) is 37.6 Å². The lowest BCUT2D eigenvalue weighted by atomic mass is 9.84. The Morgan fingerprint density at radius 1 is 1.29 bits per heavy atom. The number of aromatic nitrogens is 2. The number of piperidine rings is 1. The molecule has 0 aliphatic carbocycles. The number of amides is 1. The lowest BCUT2D eigenvalue weighted by Crippen LogP contribution is -2.59. The van der Waals surface area contributed by atoms with E-state index in [1.807, 2.05) is 26.8 Å². The number of rotatable bonds is 4. The molecule has 2 saturated heterocycles. The molecular weight excluding hydrogens is 465 g/mol. The minimum absolute atomic E-state index is 0.107. The molecule has 180 valence electrons. The summed E-state index contributed by atoms with van der Waals surface area (Å²) in [6, 6.07) is 6.59. The van der Waals surface area contributed by atoms with E-state index in [9.17, 15) is 4.79 Å². The second-order valence-corrected chi connectivity index (χ2v) is 9.71. The molecule has 1 aromatic carbocycles. The number of anilines is 2. The number of nitrogens with one attached hydrogen (secondary N) is 1. The Bertz CT molecular complexity index is 1110. The normalized spacial score (nSPS) is 22.0. The largest absolute Gasteiger partial charge is 0.471 e. The van der Waals surface area contributed by atoms with Crippen molar-refractivity contribution in [3.63, 3.8) is 0 Å². The molecule has 11 heteroatoms. The smallest absolute Gasteiger partial charge is 0.410 e. The van der Waals surface area contributed by atoms with Crippen LogP contribution in [0, 0.1) is 29.0 Å². The van der Waals surface area contributed by atoms with Gasteiger partial charge in [0.25, 0.3) is 5.88 Å². The van der Waals surface area contributed by atoms with Gasteiger partial charge in [-0.25, -0.2) is 9.78 Å². The van der Waals surface area contributed by atoms with Crippen molar-refractivity contribution in [2.24, 2.45) is 11.8 Å². The number of carbonyl (C=O) groups excluding carboxylic acids is 1. The van der Waals surface area contributed by atoms with Crippen LogP contribution in [-0.2, 0) is 9.47 Å². The Morgan fingerprint density at radius 2 is 2.00 bits per heavy atom. The molecule has 0 saturated carbocycles. The van der Waals surface area contributed by atoms with Crippen molar-refractivity contribution in [3.8, 4) is 11.9 Å². The third kappa shape index (κ3) is 5.32. The maximum Gasteiger partial charge on any atom is 0.410 e. The van der Waals surface area contributed by atoms with E-state index in [1.54, 1.807) is 17.0 Å². The maximum absolute atomic E-state index is 15.2. The van der Waals surface area contributed by atoms with Gasteiger partial charge in [-0.15, -0.1) is 0 Å². The van der Waals surface area contributed by atoms with E-state index >= 15 is 4.39 Å². The predicted octanol–water partition coefficient (Wildman–Crippen LogP) is 4.15. The van der Waals surface area contributed by atoms with E-state index in [4.69, 9.17) is 31.1 Å². The molecule has 2 aliphatic rings. The van der Waals surface area contributed by atoms with E-state index < -0.39 is 11.4 Å². The molecule has 0 radical (unpaired) electrons. The first-order valence-corrected chi connectivity index (χ1v) is 11.2. The van der Waals surface area contributed by atoms with E-state index in [1.165, 1.54) is 12.4 Å². The molecule has 2 fully saturated rings. The van der Waals surface area contributed by atoms with Crippen LogP contribution in [0.15, 0.2) is 24.5 Å². The summed E-state index contributed by atoms with van der Waals surface area (Å²) in [4.78, 5) is 22.1. The van der Waals surface area contributed by atoms with Crippen molar-refractivity contribution in [1.82, 2.24) is 14.9 Å². The third-order valence-corrected chi connectivity index (χ3v) is 5.82. The Morgan fingerprint density at radius 3 is 2.62 bits per heavy atom. The lowest BCUT2D eigenvalue weighted by Gasteiger charge is -2.46. The monoisotopic (exact) mass is 489 g/mol. The molecule has 2 aromatic rings. The molecule has 34 heavy (non-hydrogen) atoms. The first-order valence-electron chi connectivity index (χ1n) is 10.8. The fraction of sp³-hybridized carbons (Fsp3) is 0.478. The highest BCUT2D eigenvalue weighted by molar-refractivity contribution is 6.33. The molecule has 2 atom stereocenters. The fourth-order valence-electron chi connectivity index (χ4n) is 4.03. The lowest BCUT2D eigenvalue weighted by molar-refractivity contribution is -0.114. The number of halogens is 2. The standard InChI is InChI=1S/C23H25ClFN5O4/c1-23(2,3)34-22(31)30-8-14-10-32-11-15(9-30)19(14)33-21-18(25)20(27-12-28-21)29-17-5-4-13(7-26)6-16(17)24/h4-6,12,14-15,19H,8-11H2,1-3H3,(H,27,28,29). The highest BCUT2D eigenvalue weighted by Crippen LogP contribution is 2.34. The molecule has 2 bridgehead atoms. The number of carbonyl (C=O) groups is 1. The summed E-state index contributed by atoms with van der Waals surface area (Å²) in [5.41, 5.74) is 0.177. The molecule has 1 amide bonds. The van der Waals surface area contributed by atoms with Crippen molar-refractivity contribution in [1.29, 1.82) is 5.26 Å². The topological polar surface area (TPSA) is 110 Å². The predicted molar refractivity (Wildman–Crippen MR) is 121 cm³/mol. The summed E-state index contributed by atoms with van der Waals surface area (Å²) in [5.74, 6) is -1.41. The quantitative estimate of drug-likeness (QED) is 0.682. The fourth-order valence-corrected chi connectivity index (χ4v) is 4.26. The number of benzene rings is 1. The van der Waals surface area contributed by atoms with Crippen LogP contribution in [-0.4, -0.2) is 59.0 Å². The minimum Gasteiger partial charge on any atom is -0.471 e. The Balaban J connectivity index is 1.49. The second-order valence-electron chi connectivity index (χ2n) is 9.30. The molecule has 1 N–H and O–H groups in total. The number of fused-ring (bicyclic) bond motifs is 2. The molecular formula is C23H25ClFN5O4. The minimum atomic E-state index is -0.767.